The summed E-state index contributed by atoms with van der Waals surface area (Å²) in [4.78, 5) is 47.5. The van der Waals surface area contributed by atoms with Crippen molar-refractivity contribution >= 4 is 23.5 Å². The molecule has 21 heavy (non-hydrogen) atoms. The van der Waals surface area contributed by atoms with Gasteiger partial charge in [-0.05, 0) is 19.8 Å². The summed E-state index contributed by atoms with van der Waals surface area (Å²) in [7, 11) is 0. The Balaban J connectivity index is 2.48. The van der Waals surface area contributed by atoms with Gasteiger partial charge in [0.1, 0.15) is 11.8 Å². The number of nitrogens with one attached hydrogen (secondary N) is 1. The molecular formula is C14H23N3O4. The highest BCUT2D eigenvalue weighted by Gasteiger charge is 2.42. The Morgan fingerprint density at radius 3 is 2.52 bits per heavy atom. The summed E-state index contributed by atoms with van der Waals surface area (Å²) in [6, 6.07) is -0.942. The van der Waals surface area contributed by atoms with Crippen molar-refractivity contribution in [2.24, 2.45) is 11.7 Å². The summed E-state index contributed by atoms with van der Waals surface area (Å²) in [5.74, 6) is -1.40. The van der Waals surface area contributed by atoms with Crippen molar-refractivity contribution in [1.29, 1.82) is 0 Å². The number of nitrogens with two attached hydrogens (primary N) is 1. The second-order valence-corrected chi connectivity index (χ2v) is 5.41. The van der Waals surface area contributed by atoms with Gasteiger partial charge in [0.05, 0.1) is 0 Å². The average molecular weight is 297 g/mol. The quantitative estimate of drug-likeness (QED) is 0.467. The maximum absolute atomic E-state index is 12.1. The number of hydrogen-bond acceptors (Lipinski definition) is 5. The lowest BCUT2D eigenvalue weighted by Gasteiger charge is -2.24. The molecule has 1 saturated heterocycles. The Hall–Kier alpha value is -1.76. The van der Waals surface area contributed by atoms with Crippen molar-refractivity contribution in [3.8, 4) is 0 Å². The molecule has 1 fully saturated rings. The standard InChI is InChI=1S/C14H23N3O4/c1-9-7-12(19)17(14(9)21)11(8-15)13(20)16-6-4-3-5-10(2)18/h9,11H,3-8,15H2,1-2H3,(H,16,20). The van der Waals surface area contributed by atoms with Crippen LogP contribution in [0.15, 0.2) is 0 Å². The molecule has 0 aromatic rings. The number of rotatable bonds is 8. The van der Waals surface area contributed by atoms with E-state index in [0.717, 1.165) is 4.90 Å². The van der Waals surface area contributed by atoms with Gasteiger partial charge in [-0.1, -0.05) is 6.92 Å². The third-order valence-electron chi connectivity index (χ3n) is 3.50. The minimum Gasteiger partial charge on any atom is -0.354 e. The third-order valence-corrected chi connectivity index (χ3v) is 3.50. The summed E-state index contributed by atoms with van der Waals surface area (Å²) in [5, 5.41) is 2.66. The Morgan fingerprint density at radius 2 is 2.05 bits per heavy atom. The molecule has 0 aromatic heterocycles. The average Bonchev–Trinajstić information content (AvgIpc) is 2.65. The Kier molecular flexibility index (Phi) is 6.48. The van der Waals surface area contributed by atoms with Crippen LogP contribution in [0.5, 0.6) is 0 Å². The number of ketones is 1. The first kappa shape index (κ1) is 17.3. The Labute approximate surface area is 124 Å². The van der Waals surface area contributed by atoms with E-state index >= 15 is 0 Å². The zero-order chi connectivity index (χ0) is 16.0. The molecule has 3 amide bonds. The van der Waals surface area contributed by atoms with Crippen LogP contribution >= 0.6 is 0 Å². The molecule has 1 rings (SSSR count). The van der Waals surface area contributed by atoms with E-state index in [4.69, 9.17) is 5.73 Å². The molecule has 0 bridgehead atoms. The summed E-state index contributed by atoms with van der Waals surface area (Å²) in [6.45, 7) is 3.49. The van der Waals surface area contributed by atoms with Crippen LogP contribution in [0.2, 0.25) is 0 Å². The molecule has 0 aliphatic carbocycles. The van der Waals surface area contributed by atoms with E-state index in [9.17, 15) is 19.2 Å². The lowest BCUT2D eigenvalue weighted by atomic mass is 10.1. The maximum Gasteiger partial charge on any atom is 0.244 e. The van der Waals surface area contributed by atoms with Gasteiger partial charge in [0.25, 0.3) is 0 Å². The lowest BCUT2D eigenvalue weighted by Crippen LogP contribution is -2.53. The zero-order valence-corrected chi connectivity index (χ0v) is 12.6. The highest BCUT2D eigenvalue weighted by molar-refractivity contribution is 6.06. The van der Waals surface area contributed by atoms with Gasteiger partial charge < -0.3 is 15.8 Å². The second kappa shape index (κ2) is 7.87. The first-order valence-corrected chi connectivity index (χ1v) is 7.21. The van der Waals surface area contributed by atoms with E-state index in [0.29, 0.717) is 25.8 Å². The number of nitrogens with zero attached hydrogens (tertiary/aromatic N) is 1. The largest absolute Gasteiger partial charge is 0.354 e. The van der Waals surface area contributed by atoms with Gasteiger partial charge in [0.2, 0.25) is 17.7 Å². The molecule has 2 atom stereocenters. The van der Waals surface area contributed by atoms with Gasteiger partial charge >= 0.3 is 0 Å². The number of likely N-dealkylation sites (tertiary alicyclic amines) is 1. The summed E-state index contributed by atoms with van der Waals surface area (Å²) in [5.41, 5.74) is 5.54. The van der Waals surface area contributed by atoms with Gasteiger partial charge in [-0.25, -0.2) is 0 Å². The Morgan fingerprint density at radius 1 is 1.38 bits per heavy atom. The highest BCUT2D eigenvalue weighted by atomic mass is 16.2. The van der Waals surface area contributed by atoms with Crippen molar-refractivity contribution in [3.05, 3.63) is 0 Å². The molecular weight excluding hydrogens is 274 g/mol. The Bertz CT molecular complexity index is 436. The topological polar surface area (TPSA) is 110 Å². The van der Waals surface area contributed by atoms with E-state index in [1.165, 1.54) is 6.92 Å². The molecule has 2 unspecified atom stereocenters. The van der Waals surface area contributed by atoms with Crippen molar-refractivity contribution in [2.75, 3.05) is 13.1 Å². The normalized spacial score (nSPS) is 19.8. The molecule has 0 spiro atoms. The SMILES string of the molecule is CC(=O)CCCCNC(=O)C(CN)N1C(=O)CC(C)C1=O. The summed E-state index contributed by atoms with van der Waals surface area (Å²) < 4.78 is 0. The minimum absolute atomic E-state index is 0.0938. The van der Waals surface area contributed by atoms with Crippen LogP contribution < -0.4 is 11.1 Å². The molecule has 1 aliphatic rings. The van der Waals surface area contributed by atoms with E-state index < -0.39 is 17.9 Å². The van der Waals surface area contributed by atoms with Crippen LogP contribution in [0, 0.1) is 5.92 Å². The molecule has 1 heterocycles. The summed E-state index contributed by atoms with van der Waals surface area (Å²) in [6.07, 6.45) is 1.97. The number of imide groups is 1. The van der Waals surface area contributed by atoms with Crippen molar-refractivity contribution in [3.63, 3.8) is 0 Å². The fourth-order valence-electron chi connectivity index (χ4n) is 2.29. The van der Waals surface area contributed by atoms with Crippen molar-refractivity contribution in [1.82, 2.24) is 10.2 Å². The fourth-order valence-corrected chi connectivity index (χ4v) is 2.29. The molecule has 7 heteroatoms. The van der Waals surface area contributed by atoms with Gasteiger partial charge in [-0.3, -0.25) is 19.3 Å². The number of hydrogen-bond donors (Lipinski definition) is 2. The number of carbonyl (C=O) groups is 4. The molecule has 0 saturated carbocycles. The monoisotopic (exact) mass is 297 g/mol. The third kappa shape index (κ3) is 4.63. The molecule has 7 nitrogen and oxygen atoms in total. The molecule has 1 aliphatic heterocycles. The van der Waals surface area contributed by atoms with Gasteiger partial charge in [0.15, 0.2) is 0 Å². The van der Waals surface area contributed by atoms with E-state index in [1.807, 2.05) is 0 Å². The van der Waals surface area contributed by atoms with Crippen LogP contribution in [0.25, 0.3) is 0 Å². The second-order valence-electron chi connectivity index (χ2n) is 5.41. The van der Waals surface area contributed by atoms with Crippen LogP contribution in [-0.4, -0.2) is 47.5 Å². The van der Waals surface area contributed by atoms with Gasteiger partial charge in [-0.15, -0.1) is 0 Å². The number of Topliss-reactive ketones (excluding diaryl/α,β-unsaturated/α-hetero) is 1. The van der Waals surface area contributed by atoms with Crippen molar-refractivity contribution < 1.29 is 19.2 Å². The van der Waals surface area contributed by atoms with Crippen LogP contribution in [0.4, 0.5) is 0 Å². The number of unbranched alkanes of at least 4 members (excludes halogenated alkanes) is 1. The van der Waals surface area contributed by atoms with E-state index in [2.05, 4.69) is 5.32 Å². The zero-order valence-electron chi connectivity index (χ0n) is 12.6. The molecule has 3 N–H and O–H groups in total. The van der Waals surface area contributed by atoms with Crippen molar-refractivity contribution in [2.45, 2.75) is 45.6 Å². The van der Waals surface area contributed by atoms with Crippen LogP contribution in [0.3, 0.4) is 0 Å². The van der Waals surface area contributed by atoms with Gasteiger partial charge in [0, 0.05) is 31.8 Å². The van der Waals surface area contributed by atoms with Gasteiger partial charge in [-0.2, -0.15) is 0 Å². The van der Waals surface area contributed by atoms with E-state index in [1.54, 1.807) is 6.92 Å². The molecule has 118 valence electrons. The maximum atomic E-state index is 12.1. The molecule has 0 radical (unpaired) electrons. The first-order chi connectivity index (χ1) is 9.88. The van der Waals surface area contributed by atoms with E-state index in [-0.39, 0.29) is 30.6 Å². The lowest BCUT2D eigenvalue weighted by molar-refractivity contribution is -0.147. The molecule has 0 aromatic carbocycles. The van der Waals surface area contributed by atoms with Crippen LogP contribution in [-0.2, 0) is 19.2 Å². The van der Waals surface area contributed by atoms with Crippen LogP contribution in [0.1, 0.15) is 39.5 Å². The fraction of sp³-hybridized carbons (Fsp3) is 0.714. The predicted molar refractivity (Wildman–Crippen MR) is 76.0 cm³/mol. The number of amides is 3. The first-order valence-electron chi connectivity index (χ1n) is 7.21. The smallest absolute Gasteiger partial charge is 0.244 e. The summed E-state index contributed by atoms with van der Waals surface area (Å²) >= 11 is 0. The predicted octanol–water partition coefficient (Wildman–Crippen LogP) is -0.416. The highest BCUT2D eigenvalue weighted by Crippen LogP contribution is 2.21. The number of carbonyl (C=O) groups excluding carboxylic acids is 4. The minimum atomic E-state index is -0.942.